The third kappa shape index (κ3) is 4.23. The molecule has 1 aromatic heterocycles. The Labute approximate surface area is 143 Å². The van der Waals surface area contributed by atoms with Crippen LogP contribution in [0.5, 0.6) is 11.5 Å². The van der Waals surface area contributed by atoms with E-state index < -0.39 is 6.09 Å². The number of hydrogen-bond acceptors (Lipinski definition) is 5. The highest BCUT2D eigenvalue weighted by molar-refractivity contribution is 5.86. The molecule has 3 rings (SSSR count). The Morgan fingerprint density at radius 1 is 1.04 bits per heavy atom. The van der Waals surface area contributed by atoms with Crippen molar-refractivity contribution in [3.05, 3.63) is 71.0 Å². The van der Waals surface area contributed by atoms with Gasteiger partial charge in [-0.25, -0.2) is 9.89 Å². The molecule has 25 heavy (non-hydrogen) atoms. The zero-order valence-electron chi connectivity index (χ0n) is 13.4. The van der Waals surface area contributed by atoms with Gasteiger partial charge in [-0.1, -0.05) is 18.2 Å². The first-order chi connectivity index (χ1) is 12.1. The molecule has 7 nitrogen and oxygen atoms in total. The van der Waals surface area contributed by atoms with Crippen LogP contribution in [0.4, 0.5) is 10.5 Å². The van der Waals surface area contributed by atoms with Crippen LogP contribution in [0.25, 0.3) is 11.3 Å². The summed E-state index contributed by atoms with van der Waals surface area (Å²) >= 11 is 0. The number of amides is 1. The summed E-state index contributed by atoms with van der Waals surface area (Å²) in [6, 6.07) is 16.8. The Kier molecular flexibility index (Phi) is 4.75. The van der Waals surface area contributed by atoms with Gasteiger partial charge in [-0.15, -0.1) is 0 Å². The molecule has 0 aliphatic rings. The maximum absolute atomic E-state index is 11.9. The van der Waals surface area contributed by atoms with Crippen LogP contribution in [0.1, 0.15) is 0 Å². The Hall–Kier alpha value is -3.61. The number of nitrogens with one attached hydrogen (secondary N) is 2. The molecule has 0 atom stereocenters. The monoisotopic (exact) mass is 337 g/mol. The molecule has 0 bridgehead atoms. The molecule has 1 amide bonds. The number of aromatic nitrogens is 2. The van der Waals surface area contributed by atoms with Gasteiger partial charge in [0.1, 0.15) is 11.5 Å². The van der Waals surface area contributed by atoms with Crippen molar-refractivity contribution in [1.82, 2.24) is 10.2 Å². The Balaban J connectivity index is 1.65. The molecule has 126 valence electrons. The summed E-state index contributed by atoms with van der Waals surface area (Å²) in [5, 5.41) is 8.96. The number of methoxy groups -OCH3 is 1. The predicted molar refractivity (Wildman–Crippen MR) is 92.9 cm³/mol. The zero-order valence-corrected chi connectivity index (χ0v) is 13.4. The maximum Gasteiger partial charge on any atom is 0.417 e. The van der Waals surface area contributed by atoms with E-state index in [2.05, 4.69) is 15.5 Å². The number of aromatic amines is 1. The van der Waals surface area contributed by atoms with Crippen LogP contribution in [0.2, 0.25) is 0 Å². The van der Waals surface area contributed by atoms with Crippen LogP contribution in [0.15, 0.2) is 65.5 Å². The van der Waals surface area contributed by atoms with Gasteiger partial charge in [-0.05, 0) is 30.3 Å². The fourth-order valence-corrected chi connectivity index (χ4v) is 2.14. The first-order valence-electron chi connectivity index (χ1n) is 7.43. The third-order valence-electron chi connectivity index (χ3n) is 3.36. The molecule has 0 aliphatic carbocycles. The average Bonchev–Trinajstić information content (AvgIpc) is 2.63. The number of carbonyl (C=O) groups excluding carboxylic acids is 1. The number of ether oxygens (including phenoxy) is 2. The van der Waals surface area contributed by atoms with Crippen LogP contribution >= 0.6 is 0 Å². The minimum atomic E-state index is -0.608. The van der Waals surface area contributed by atoms with Gasteiger partial charge in [0.05, 0.1) is 12.8 Å². The molecule has 0 saturated carbocycles. The van der Waals surface area contributed by atoms with E-state index in [0.29, 0.717) is 22.9 Å². The minimum absolute atomic E-state index is 0.262. The zero-order chi connectivity index (χ0) is 17.6. The average molecular weight is 337 g/mol. The summed E-state index contributed by atoms with van der Waals surface area (Å²) in [4.78, 5) is 23.0. The summed E-state index contributed by atoms with van der Waals surface area (Å²) in [6.07, 6.45) is -0.608. The highest BCUT2D eigenvalue weighted by Crippen LogP contribution is 2.21. The summed E-state index contributed by atoms with van der Waals surface area (Å²) in [5.41, 5.74) is 1.75. The lowest BCUT2D eigenvalue weighted by atomic mass is 10.1. The lowest BCUT2D eigenvalue weighted by Crippen LogP contribution is -2.16. The van der Waals surface area contributed by atoms with E-state index in [0.717, 1.165) is 5.56 Å². The van der Waals surface area contributed by atoms with Gasteiger partial charge in [0, 0.05) is 23.4 Å². The number of anilines is 1. The quantitative estimate of drug-likeness (QED) is 0.763. The van der Waals surface area contributed by atoms with Crippen molar-refractivity contribution < 1.29 is 14.3 Å². The first kappa shape index (κ1) is 16.3. The molecule has 0 aliphatic heterocycles. The van der Waals surface area contributed by atoms with Gasteiger partial charge in [0.15, 0.2) is 0 Å². The van der Waals surface area contributed by atoms with Crippen LogP contribution in [0.3, 0.4) is 0 Å². The maximum atomic E-state index is 11.9. The number of nitrogens with zero attached hydrogens (tertiary/aromatic N) is 1. The number of benzene rings is 2. The third-order valence-corrected chi connectivity index (χ3v) is 3.36. The molecule has 0 fully saturated rings. The first-order valence-corrected chi connectivity index (χ1v) is 7.43. The van der Waals surface area contributed by atoms with Crippen LogP contribution in [-0.4, -0.2) is 23.4 Å². The molecule has 0 spiro atoms. The van der Waals surface area contributed by atoms with Crippen molar-refractivity contribution in [2.45, 2.75) is 0 Å². The molecule has 7 heteroatoms. The molecule has 0 unspecified atom stereocenters. The second-order valence-corrected chi connectivity index (χ2v) is 5.08. The summed E-state index contributed by atoms with van der Waals surface area (Å²) in [5.74, 6) is 0.981. The van der Waals surface area contributed by atoms with E-state index in [9.17, 15) is 9.59 Å². The fourth-order valence-electron chi connectivity index (χ4n) is 2.14. The SMILES string of the molecule is COc1cccc(OC(=O)Nc2ccc(-c3ccc(=O)[nH]n3)cc2)c1. The number of carbonyl (C=O) groups is 1. The standard InChI is InChI=1S/C18H15N3O4/c1-24-14-3-2-4-15(11-14)25-18(23)19-13-7-5-12(6-8-13)16-9-10-17(22)21-20-16/h2-11H,1H3,(H,19,23)(H,21,22). The van der Waals surface area contributed by atoms with E-state index in [1.165, 1.54) is 13.2 Å². The van der Waals surface area contributed by atoms with Crippen LogP contribution in [-0.2, 0) is 0 Å². The second kappa shape index (κ2) is 7.31. The molecular formula is C18H15N3O4. The van der Waals surface area contributed by atoms with Gasteiger partial charge in [0.2, 0.25) is 0 Å². The van der Waals surface area contributed by atoms with Crippen molar-refractivity contribution >= 4 is 11.8 Å². The van der Waals surface area contributed by atoms with E-state index in [-0.39, 0.29) is 5.56 Å². The fraction of sp³-hybridized carbons (Fsp3) is 0.0556. The summed E-state index contributed by atoms with van der Waals surface area (Å²) in [6.45, 7) is 0. The highest BCUT2D eigenvalue weighted by atomic mass is 16.6. The molecular weight excluding hydrogens is 322 g/mol. The van der Waals surface area contributed by atoms with Crippen molar-refractivity contribution in [3.8, 4) is 22.8 Å². The lowest BCUT2D eigenvalue weighted by molar-refractivity contribution is 0.215. The Morgan fingerprint density at radius 3 is 2.48 bits per heavy atom. The number of hydrogen-bond donors (Lipinski definition) is 2. The lowest BCUT2D eigenvalue weighted by Gasteiger charge is -2.08. The van der Waals surface area contributed by atoms with E-state index in [4.69, 9.17) is 9.47 Å². The molecule has 0 radical (unpaired) electrons. The molecule has 2 N–H and O–H groups in total. The van der Waals surface area contributed by atoms with E-state index in [1.54, 1.807) is 54.6 Å². The van der Waals surface area contributed by atoms with Crippen LogP contribution in [0, 0.1) is 0 Å². The largest absolute Gasteiger partial charge is 0.497 e. The molecule has 2 aromatic carbocycles. The van der Waals surface area contributed by atoms with Crippen molar-refractivity contribution in [2.75, 3.05) is 12.4 Å². The summed E-state index contributed by atoms with van der Waals surface area (Å²) in [7, 11) is 1.54. The minimum Gasteiger partial charge on any atom is -0.497 e. The molecule has 1 heterocycles. The van der Waals surface area contributed by atoms with Gasteiger partial charge in [-0.3, -0.25) is 10.1 Å². The molecule has 0 saturated heterocycles. The molecule has 3 aromatic rings. The number of rotatable bonds is 4. The van der Waals surface area contributed by atoms with Crippen molar-refractivity contribution in [1.29, 1.82) is 0 Å². The Morgan fingerprint density at radius 2 is 1.80 bits per heavy atom. The normalized spacial score (nSPS) is 10.1. The van der Waals surface area contributed by atoms with Gasteiger partial charge in [0.25, 0.3) is 5.56 Å². The highest BCUT2D eigenvalue weighted by Gasteiger charge is 2.07. The smallest absolute Gasteiger partial charge is 0.417 e. The predicted octanol–water partition coefficient (Wildman–Crippen LogP) is 3.06. The van der Waals surface area contributed by atoms with E-state index in [1.807, 2.05) is 0 Å². The van der Waals surface area contributed by atoms with Gasteiger partial charge >= 0.3 is 6.09 Å². The van der Waals surface area contributed by atoms with E-state index >= 15 is 0 Å². The topological polar surface area (TPSA) is 93.3 Å². The van der Waals surface area contributed by atoms with Crippen molar-refractivity contribution in [3.63, 3.8) is 0 Å². The summed E-state index contributed by atoms with van der Waals surface area (Å²) < 4.78 is 10.3. The Bertz CT molecular complexity index is 915. The van der Waals surface area contributed by atoms with Crippen molar-refractivity contribution in [2.24, 2.45) is 0 Å². The second-order valence-electron chi connectivity index (χ2n) is 5.08. The van der Waals surface area contributed by atoms with Gasteiger partial charge < -0.3 is 9.47 Å². The van der Waals surface area contributed by atoms with Crippen LogP contribution < -0.4 is 20.3 Å². The van der Waals surface area contributed by atoms with Gasteiger partial charge in [-0.2, -0.15) is 5.10 Å². The number of H-pyrrole nitrogens is 1.